The second kappa shape index (κ2) is 4.17. The maximum absolute atomic E-state index is 12.0. The molecule has 1 aromatic heterocycles. The van der Waals surface area contributed by atoms with Gasteiger partial charge in [0.15, 0.2) is 17.1 Å². The lowest BCUT2D eigenvalue weighted by Crippen LogP contribution is -2.20. The average Bonchev–Trinajstić information content (AvgIpc) is 2.18. The van der Waals surface area contributed by atoms with Crippen molar-refractivity contribution in [1.29, 1.82) is 5.26 Å². The Kier molecular flexibility index (Phi) is 3.08. The molecule has 3 N–H and O–H groups in total. The van der Waals surface area contributed by atoms with Crippen LogP contribution in [0.5, 0.6) is 5.75 Å². The lowest BCUT2D eigenvalue weighted by Gasteiger charge is -2.12. The van der Waals surface area contributed by atoms with Crippen LogP contribution in [0.3, 0.4) is 0 Å². The molecule has 1 rings (SSSR count). The zero-order valence-electron chi connectivity index (χ0n) is 7.95. The molecule has 17 heavy (non-hydrogen) atoms. The van der Waals surface area contributed by atoms with Crippen LogP contribution in [0.1, 0.15) is 16.2 Å². The van der Waals surface area contributed by atoms with Crippen molar-refractivity contribution >= 4 is 11.7 Å². The van der Waals surface area contributed by atoms with E-state index < -0.39 is 35.2 Å². The van der Waals surface area contributed by atoms with Crippen molar-refractivity contribution in [2.45, 2.75) is 6.36 Å². The molecule has 1 heterocycles. The van der Waals surface area contributed by atoms with E-state index >= 15 is 0 Å². The maximum Gasteiger partial charge on any atom is 0.573 e. The minimum absolute atomic E-state index is 0.633. The number of anilines is 1. The van der Waals surface area contributed by atoms with E-state index in [-0.39, 0.29) is 0 Å². The summed E-state index contributed by atoms with van der Waals surface area (Å²) in [5.74, 6) is -2.53. The zero-order valence-corrected chi connectivity index (χ0v) is 7.95. The van der Waals surface area contributed by atoms with Gasteiger partial charge in [0, 0.05) is 0 Å². The zero-order chi connectivity index (χ0) is 13.2. The van der Waals surface area contributed by atoms with Gasteiger partial charge in [-0.05, 0) is 6.07 Å². The summed E-state index contributed by atoms with van der Waals surface area (Å²) in [5, 5.41) is 17.1. The monoisotopic (exact) mass is 247 g/mol. The third kappa shape index (κ3) is 2.97. The molecule has 0 spiro atoms. The van der Waals surface area contributed by atoms with E-state index in [0.29, 0.717) is 6.07 Å². The Balaban J connectivity index is 3.33. The summed E-state index contributed by atoms with van der Waals surface area (Å²) < 4.78 is 39.4. The van der Waals surface area contributed by atoms with Gasteiger partial charge >= 0.3 is 12.3 Å². The van der Waals surface area contributed by atoms with E-state index in [4.69, 9.17) is 16.1 Å². The number of nitrogen functional groups attached to an aromatic ring is 1. The van der Waals surface area contributed by atoms with Gasteiger partial charge in [0.05, 0.1) is 5.69 Å². The number of ether oxygens (including phenoxy) is 1. The van der Waals surface area contributed by atoms with Gasteiger partial charge in [0.25, 0.3) is 0 Å². The lowest BCUT2D eigenvalue weighted by atomic mass is 10.2. The fourth-order valence-electron chi connectivity index (χ4n) is 0.961. The molecule has 0 bridgehead atoms. The number of hydrogen-bond donors (Lipinski definition) is 2. The molecule has 0 radical (unpaired) electrons. The summed E-state index contributed by atoms with van der Waals surface area (Å²) in [7, 11) is 0. The van der Waals surface area contributed by atoms with Crippen LogP contribution < -0.4 is 10.5 Å². The highest BCUT2D eigenvalue weighted by molar-refractivity contribution is 5.87. The van der Waals surface area contributed by atoms with Gasteiger partial charge in [-0.15, -0.1) is 13.2 Å². The van der Waals surface area contributed by atoms with Crippen LogP contribution in [0.15, 0.2) is 6.07 Å². The Morgan fingerprint density at radius 1 is 1.59 bits per heavy atom. The number of carboxylic acid groups (broad SMARTS) is 1. The van der Waals surface area contributed by atoms with Crippen molar-refractivity contribution in [3.8, 4) is 11.8 Å². The van der Waals surface area contributed by atoms with E-state index in [1.807, 2.05) is 0 Å². The number of nitriles is 1. The highest BCUT2D eigenvalue weighted by Crippen LogP contribution is 2.31. The number of carboxylic acids is 1. The standard InChI is InChI=1S/C8H4F3N3O3/c9-8(10,11)17-6-3(13)1-4(7(15)16)14-5(6)2-12/h1H,(H2,13,14)(H,15,16). The number of carbonyl (C=O) groups is 1. The molecule has 90 valence electrons. The fourth-order valence-corrected chi connectivity index (χ4v) is 0.961. The molecule has 0 amide bonds. The molecule has 0 atom stereocenters. The van der Waals surface area contributed by atoms with Crippen molar-refractivity contribution < 1.29 is 27.8 Å². The van der Waals surface area contributed by atoms with Crippen LogP contribution in [0.25, 0.3) is 0 Å². The van der Waals surface area contributed by atoms with Crippen LogP contribution in [0.2, 0.25) is 0 Å². The number of alkyl halides is 3. The van der Waals surface area contributed by atoms with Gasteiger partial charge in [0.1, 0.15) is 6.07 Å². The minimum Gasteiger partial charge on any atom is -0.477 e. The first-order chi connectivity index (χ1) is 7.74. The summed E-state index contributed by atoms with van der Waals surface area (Å²) in [5.41, 5.74) is 3.04. The van der Waals surface area contributed by atoms with Crippen molar-refractivity contribution in [3.05, 3.63) is 17.5 Å². The molecular formula is C8H4F3N3O3. The highest BCUT2D eigenvalue weighted by atomic mass is 19.4. The van der Waals surface area contributed by atoms with E-state index in [0.717, 1.165) is 0 Å². The first-order valence-electron chi connectivity index (χ1n) is 3.94. The molecule has 0 saturated carbocycles. The van der Waals surface area contributed by atoms with Crippen LogP contribution >= 0.6 is 0 Å². The molecule has 6 nitrogen and oxygen atoms in total. The number of nitrogens with zero attached hydrogens (tertiary/aromatic N) is 2. The molecule has 0 aliphatic carbocycles. The molecule has 1 aromatic rings. The smallest absolute Gasteiger partial charge is 0.477 e. The summed E-state index contributed by atoms with van der Waals surface area (Å²) >= 11 is 0. The number of aromatic carboxylic acids is 1. The summed E-state index contributed by atoms with van der Waals surface area (Å²) in [6, 6.07) is 1.95. The summed E-state index contributed by atoms with van der Waals surface area (Å²) in [6.07, 6.45) is -5.05. The quantitative estimate of drug-likeness (QED) is 0.810. The maximum atomic E-state index is 12.0. The normalized spacial score (nSPS) is 10.7. The van der Waals surface area contributed by atoms with Crippen LogP contribution in [0.4, 0.5) is 18.9 Å². The fraction of sp³-hybridized carbons (Fsp3) is 0.125. The highest BCUT2D eigenvalue weighted by Gasteiger charge is 2.34. The lowest BCUT2D eigenvalue weighted by molar-refractivity contribution is -0.274. The molecular weight excluding hydrogens is 243 g/mol. The van der Waals surface area contributed by atoms with E-state index in [1.54, 1.807) is 0 Å². The van der Waals surface area contributed by atoms with Crippen molar-refractivity contribution in [2.75, 3.05) is 5.73 Å². The topological polar surface area (TPSA) is 109 Å². The molecule has 0 aromatic carbocycles. The van der Waals surface area contributed by atoms with Gasteiger partial charge in [-0.3, -0.25) is 0 Å². The van der Waals surface area contributed by atoms with E-state index in [1.165, 1.54) is 6.07 Å². The van der Waals surface area contributed by atoms with Gasteiger partial charge in [-0.25, -0.2) is 9.78 Å². The molecule has 0 saturated heterocycles. The second-order valence-electron chi connectivity index (χ2n) is 2.74. The molecule has 9 heteroatoms. The van der Waals surface area contributed by atoms with Gasteiger partial charge in [-0.1, -0.05) is 0 Å². The van der Waals surface area contributed by atoms with Crippen molar-refractivity contribution in [1.82, 2.24) is 4.98 Å². The number of aromatic nitrogens is 1. The third-order valence-corrected chi connectivity index (χ3v) is 1.54. The number of pyridine rings is 1. The van der Waals surface area contributed by atoms with Gasteiger partial charge in [0.2, 0.25) is 0 Å². The summed E-state index contributed by atoms with van der Waals surface area (Å²) in [6.45, 7) is 0. The Morgan fingerprint density at radius 2 is 2.18 bits per heavy atom. The second-order valence-corrected chi connectivity index (χ2v) is 2.74. The predicted molar refractivity (Wildman–Crippen MR) is 47.0 cm³/mol. The predicted octanol–water partition coefficient (Wildman–Crippen LogP) is 1.13. The van der Waals surface area contributed by atoms with Crippen molar-refractivity contribution in [3.63, 3.8) is 0 Å². The number of nitrogens with two attached hydrogens (primary N) is 1. The average molecular weight is 247 g/mol. The Bertz CT molecular complexity index is 507. The van der Waals surface area contributed by atoms with Crippen LogP contribution in [0, 0.1) is 11.3 Å². The van der Waals surface area contributed by atoms with E-state index in [2.05, 4.69) is 9.72 Å². The first-order valence-corrected chi connectivity index (χ1v) is 3.94. The van der Waals surface area contributed by atoms with Gasteiger partial charge < -0.3 is 15.6 Å². The van der Waals surface area contributed by atoms with Crippen LogP contribution in [-0.4, -0.2) is 22.4 Å². The molecule has 0 fully saturated rings. The number of rotatable bonds is 2. The third-order valence-electron chi connectivity index (χ3n) is 1.54. The van der Waals surface area contributed by atoms with E-state index in [9.17, 15) is 18.0 Å². The molecule has 0 unspecified atom stereocenters. The Morgan fingerprint density at radius 3 is 2.59 bits per heavy atom. The Hall–Kier alpha value is -2.50. The molecule has 0 aliphatic rings. The largest absolute Gasteiger partial charge is 0.573 e. The minimum atomic E-state index is -5.05. The van der Waals surface area contributed by atoms with Crippen LogP contribution in [-0.2, 0) is 0 Å². The molecule has 0 aliphatic heterocycles. The van der Waals surface area contributed by atoms with Crippen molar-refractivity contribution in [2.24, 2.45) is 0 Å². The number of halogens is 3. The number of hydrogen-bond acceptors (Lipinski definition) is 5. The summed E-state index contributed by atoms with van der Waals surface area (Å²) in [4.78, 5) is 13.7. The SMILES string of the molecule is N#Cc1nc(C(=O)O)cc(N)c1OC(F)(F)F. The first kappa shape index (κ1) is 12.6. The van der Waals surface area contributed by atoms with Gasteiger partial charge in [-0.2, -0.15) is 5.26 Å². The Labute approximate surface area is 92.0 Å².